The number of rotatable bonds is 5. The Morgan fingerprint density at radius 1 is 1.10 bits per heavy atom. The first-order chi connectivity index (χ1) is 15.0. The van der Waals surface area contributed by atoms with Crippen LogP contribution in [0.2, 0.25) is 0 Å². The van der Waals surface area contributed by atoms with Gasteiger partial charge < -0.3 is 4.52 Å². The Morgan fingerprint density at radius 3 is 2.65 bits per heavy atom. The topological polar surface area (TPSA) is 104 Å². The van der Waals surface area contributed by atoms with Crippen LogP contribution in [0.5, 0.6) is 0 Å². The van der Waals surface area contributed by atoms with Gasteiger partial charge in [-0.2, -0.15) is 10.1 Å². The third-order valence-corrected chi connectivity index (χ3v) is 5.80. The lowest BCUT2D eigenvalue weighted by molar-refractivity contribution is -0.123. The van der Waals surface area contributed by atoms with Crippen molar-refractivity contribution < 1.29 is 14.1 Å². The standard InChI is InChI=1S/C21H17BrN6O3/c1-2-12-6-8-15(9-7-12)28-20(29)17-18(21(28)30)27(26-24-17)11-16-23-19(25-31-16)13-4-3-5-14(22)10-13/h3-10,17-18H,2,11H2,1H3/t17-,18+/m0/s1. The van der Waals surface area contributed by atoms with Gasteiger partial charge in [0, 0.05) is 10.0 Å². The van der Waals surface area contributed by atoms with E-state index in [9.17, 15) is 9.59 Å². The van der Waals surface area contributed by atoms with E-state index in [0.717, 1.165) is 22.0 Å². The maximum atomic E-state index is 13.1. The van der Waals surface area contributed by atoms with Crippen molar-refractivity contribution in [1.82, 2.24) is 15.1 Å². The molecule has 3 aromatic rings. The van der Waals surface area contributed by atoms with Gasteiger partial charge in [0.1, 0.15) is 6.54 Å². The van der Waals surface area contributed by atoms with Crippen molar-refractivity contribution in [3.63, 3.8) is 0 Å². The van der Waals surface area contributed by atoms with E-state index in [-0.39, 0.29) is 24.2 Å². The molecule has 0 bridgehead atoms. The summed E-state index contributed by atoms with van der Waals surface area (Å²) < 4.78 is 6.24. The maximum absolute atomic E-state index is 13.1. The van der Waals surface area contributed by atoms with Crippen LogP contribution < -0.4 is 4.90 Å². The highest BCUT2D eigenvalue weighted by molar-refractivity contribution is 9.10. The van der Waals surface area contributed by atoms with Crippen LogP contribution in [0.25, 0.3) is 11.4 Å². The highest BCUT2D eigenvalue weighted by Gasteiger charge is 2.55. The molecule has 31 heavy (non-hydrogen) atoms. The van der Waals surface area contributed by atoms with Gasteiger partial charge in [0.25, 0.3) is 11.8 Å². The molecule has 3 heterocycles. The molecule has 2 aromatic carbocycles. The second kappa shape index (κ2) is 7.69. The molecule has 0 aliphatic carbocycles. The van der Waals surface area contributed by atoms with Crippen molar-refractivity contribution in [2.75, 3.05) is 4.90 Å². The predicted molar refractivity (Wildman–Crippen MR) is 114 cm³/mol. The molecule has 156 valence electrons. The second-order valence-electron chi connectivity index (χ2n) is 7.25. The van der Waals surface area contributed by atoms with Crippen molar-refractivity contribution in [1.29, 1.82) is 0 Å². The van der Waals surface area contributed by atoms with Crippen molar-refractivity contribution in [2.45, 2.75) is 32.0 Å². The van der Waals surface area contributed by atoms with Crippen LogP contribution in [-0.4, -0.2) is 39.0 Å². The van der Waals surface area contributed by atoms with E-state index in [1.165, 1.54) is 9.91 Å². The van der Waals surface area contributed by atoms with Crippen LogP contribution in [-0.2, 0) is 22.6 Å². The van der Waals surface area contributed by atoms with Crippen molar-refractivity contribution in [3.8, 4) is 11.4 Å². The zero-order valence-electron chi connectivity index (χ0n) is 16.5. The Kier molecular flexibility index (Phi) is 4.85. The Hall–Kier alpha value is -3.40. The summed E-state index contributed by atoms with van der Waals surface area (Å²) in [5.74, 6) is -0.0437. The molecule has 2 aliphatic heterocycles. The van der Waals surface area contributed by atoms with Gasteiger partial charge in [0.2, 0.25) is 11.7 Å². The summed E-state index contributed by atoms with van der Waals surface area (Å²) in [7, 11) is 0. The summed E-state index contributed by atoms with van der Waals surface area (Å²) in [6.07, 6.45) is 0.877. The number of fused-ring (bicyclic) bond motifs is 1. The smallest absolute Gasteiger partial charge is 0.263 e. The predicted octanol–water partition coefficient (Wildman–Crippen LogP) is 3.55. The fraction of sp³-hybridized carbons (Fsp3) is 0.238. The summed E-state index contributed by atoms with van der Waals surface area (Å²) in [6.45, 7) is 2.12. The van der Waals surface area contributed by atoms with Gasteiger partial charge in [-0.15, -0.1) is 0 Å². The van der Waals surface area contributed by atoms with E-state index >= 15 is 0 Å². The quantitative estimate of drug-likeness (QED) is 0.517. The number of hydrogen-bond acceptors (Lipinski definition) is 8. The molecule has 0 N–H and O–H groups in total. The molecule has 10 heteroatoms. The number of aryl methyl sites for hydroxylation is 1. The number of hydrogen-bond donors (Lipinski definition) is 0. The molecule has 0 saturated carbocycles. The normalized spacial score (nSPS) is 20.1. The van der Waals surface area contributed by atoms with Gasteiger partial charge in [-0.3, -0.25) is 14.6 Å². The molecule has 1 aromatic heterocycles. The fourth-order valence-corrected chi connectivity index (χ4v) is 4.09. The third-order valence-electron chi connectivity index (χ3n) is 5.31. The van der Waals surface area contributed by atoms with Crippen LogP contribution in [0, 0.1) is 0 Å². The van der Waals surface area contributed by atoms with Crippen LogP contribution in [0.15, 0.2) is 67.9 Å². The SMILES string of the molecule is CCc1ccc(N2C(=O)[C@H]3N=NN(Cc4nc(-c5cccc(Br)c5)no4)[C@H]3C2=O)cc1. The Balaban J connectivity index is 1.35. The Labute approximate surface area is 185 Å². The van der Waals surface area contributed by atoms with Gasteiger partial charge in [0.05, 0.1) is 5.69 Å². The number of nitrogens with zero attached hydrogens (tertiary/aromatic N) is 6. The molecular formula is C21H17BrN6O3. The monoisotopic (exact) mass is 480 g/mol. The fourth-order valence-electron chi connectivity index (χ4n) is 3.69. The van der Waals surface area contributed by atoms with Gasteiger partial charge in [-0.1, -0.05) is 57.5 Å². The largest absolute Gasteiger partial charge is 0.337 e. The van der Waals surface area contributed by atoms with Crippen LogP contribution in [0.1, 0.15) is 18.4 Å². The number of carbonyl (C=O) groups excluding carboxylic acids is 2. The maximum Gasteiger partial charge on any atom is 0.263 e. The Bertz CT molecular complexity index is 1190. The molecule has 0 spiro atoms. The number of aromatic nitrogens is 2. The average molecular weight is 481 g/mol. The van der Waals surface area contributed by atoms with Crippen molar-refractivity contribution >= 4 is 33.4 Å². The average Bonchev–Trinajstić information content (AvgIpc) is 3.47. The lowest BCUT2D eigenvalue weighted by Crippen LogP contribution is -2.39. The van der Waals surface area contributed by atoms with E-state index in [1.54, 1.807) is 12.1 Å². The van der Waals surface area contributed by atoms with Crippen LogP contribution in [0.3, 0.4) is 0 Å². The molecule has 2 atom stereocenters. The first-order valence-corrected chi connectivity index (χ1v) is 10.6. The molecule has 0 radical (unpaired) electrons. The van der Waals surface area contributed by atoms with E-state index in [2.05, 4.69) is 36.4 Å². The lowest BCUT2D eigenvalue weighted by Gasteiger charge is -2.19. The highest BCUT2D eigenvalue weighted by Crippen LogP contribution is 2.33. The molecule has 0 unspecified atom stereocenters. The molecule has 1 fully saturated rings. The van der Waals surface area contributed by atoms with Crippen LogP contribution in [0.4, 0.5) is 5.69 Å². The molecular weight excluding hydrogens is 464 g/mol. The van der Waals surface area contributed by atoms with Gasteiger partial charge in [-0.25, -0.2) is 4.90 Å². The van der Waals surface area contributed by atoms with Crippen molar-refractivity contribution in [3.05, 3.63) is 64.5 Å². The minimum absolute atomic E-state index is 0.0767. The molecule has 9 nitrogen and oxygen atoms in total. The Morgan fingerprint density at radius 2 is 1.90 bits per heavy atom. The summed E-state index contributed by atoms with van der Waals surface area (Å²) in [6, 6.07) is 13.2. The molecule has 2 amide bonds. The summed E-state index contributed by atoms with van der Waals surface area (Å²) in [4.78, 5) is 31.5. The summed E-state index contributed by atoms with van der Waals surface area (Å²) in [5, 5.41) is 13.5. The number of benzene rings is 2. The van der Waals surface area contributed by atoms with Crippen molar-refractivity contribution in [2.24, 2.45) is 10.3 Å². The van der Waals surface area contributed by atoms with Gasteiger partial charge in [-0.05, 0) is 36.2 Å². The first kappa shape index (κ1) is 19.6. The number of imide groups is 1. The summed E-state index contributed by atoms with van der Waals surface area (Å²) >= 11 is 3.42. The zero-order chi connectivity index (χ0) is 21.5. The van der Waals surface area contributed by atoms with Gasteiger partial charge >= 0.3 is 0 Å². The number of carbonyl (C=O) groups is 2. The lowest BCUT2D eigenvalue weighted by atomic mass is 10.1. The number of amides is 2. The molecule has 2 aliphatic rings. The summed E-state index contributed by atoms with van der Waals surface area (Å²) in [5.41, 5.74) is 2.45. The molecule has 1 saturated heterocycles. The minimum atomic E-state index is -0.870. The number of anilines is 1. The van der Waals surface area contributed by atoms with Crippen LogP contribution >= 0.6 is 15.9 Å². The van der Waals surface area contributed by atoms with Gasteiger partial charge in [0.15, 0.2) is 12.1 Å². The highest BCUT2D eigenvalue weighted by atomic mass is 79.9. The third kappa shape index (κ3) is 3.42. The first-order valence-electron chi connectivity index (χ1n) is 9.78. The number of halogens is 1. The molecule has 5 rings (SSSR count). The second-order valence-corrected chi connectivity index (χ2v) is 8.16. The van der Waals surface area contributed by atoms with E-state index in [1.807, 2.05) is 43.3 Å². The van der Waals surface area contributed by atoms with E-state index in [4.69, 9.17) is 4.52 Å². The zero-order valence-corrected chi connectivity index (χ0v) is 18.1. The van der Waals surface area contributed by atoms with E-state index < -0.39 is 12.1 Å². The van der Waals surface area contributed by atoms with E-state index in [0.29, 0.717) is 11.5 Å². The minimum Gasteiger partial charge on any atom is -0.337 e.